The maximum atomic E-state index is 13.1. The zero-order chi connectivity index (χ0) is 37.3. The van der Waals surface area contributed by atoms with Crippen LogP contribution in [0, 0.1) is 17.9 Å². The minimum Gasteiger partial charge on any atom is -0.494 e. The Morgan fingerprint density at radius 3 is 1.44 bits per heavy atom. The molecule has 1 heterocycles. The molecule has 0 bridgehead atoms. The van der Waals surface area contributed by atoms with Gasteiger partial charge in [0.25, 0.3) is 5.70 Å². The number of unbranched alkanes of at least 4 members (excludes halogenated alkanes) is 2. The molecular weight excluding hydrogens is 709 g/mol. The fraction of sp³-hybridized carbons (Fsp3) is 0.211. The molecule has 0 aromatic heterocycles. The van der Waals surface area contributed by atoms with E-state index in [4.69, 9.17) is 35.0 Å². The standard InChI is InChI=1S/C38H32N2O10S2/c1-4-32(41)47-22-8-6-20-45-27-14-10-25(11-15-27)36(43)49-30-18-19-31(35-34(30)51-38(52-35)29(24-39)40-3)50-37(44)26-12-16-28(17-13-26)46-21-7-9-23-48-33(42)5-2/h4-5,10-19H,1-2,6-9,20-23H2. The molecule has 266 valence electrons. The van der Waals surface area contributed by atoms with Gasteiger partial charge in [0.1, 0.15) is 23.0 Å². The van der Waals surface area contributed by atoms with Crippen molar-refractivity contribution in [3.63, 3.8) is 0 Å². The van der Waals surface area contributed by atoms with E-state index in [0.29, 0.717) is 64.4 Å². The highest BCUT2D eigenvalue weighted by Crippen LogP contribution is 2.59. The van der Waals surface area contributed by atoms with Gasteiger partial charge in [-0.05, 0) is 86.3 Å². The quantitative estimate of drug-likeness (QED) is 0.0313. The lowest BCUT2D eigenvalue weighted by Crippen LogP contribution is -2.11. The van der Waals surface area contributed by atoms with Gasteiger partial charge in [0.2, 0.25) is 0 Å². The number of hydrogen-bond donors (Lipinski definition) is 0. The van der Waals surface area contributed by atoms with E-state index in [0.717, 1.165) is 35.7 Å². The van der Waals surface area contributed by atoms with Gasteiger partial charge >= 0.3 is 23.9 Å². The number of esters is 4. The molecule has 1 aliphatic heterocycles. The van der Waals surface area contributed by atoms with Crippen LogP contribution in [0.5, 0.6) is 23.0 Å². The van der Waals surface area contributed by atoms with E-state index in [1.165, 1.54) is 12.1 Å². The minimum absolute atomic E-state index is 0.150. The Bertz CT molecular complexity index is 1790. The maximum Gasteiger partial charge on any atom is 0.343 e. The van der Waals surface area contributed by atoms with Crippen LogP contribution in [0.15, 0.2) is 106 Å². The smallest absolute Gasteiger partial charge is 0.343 e. The predicted octanol–water partition coefficient (Wildman–Crippen LogP) is 7.71. The molecular formula is C38H32N2O10S2. The van der Waals surface area contributed by atoms with Gasteiger partial charge in [-0.2, -0.15) is 0 Å². The molecule has 0 N–H and O–H groups in total. The van der Waals surface area contributed by atoms with Crippen molar-refractivity contribution in [3.05, 3.63) is 118 Å². The SMILES string of the molecule is [C-]#[N+]C(C#N)=C1Sc2c(OC(=O)c3ccc(OCCCCOC(=O)C=C)cc3)ccc(OC(=O)c3ccc(OCCCCOC(=O)C=C)cc3)c2S1. The van der Waals surface area contributed by atoms with Crippen molar-refractivity contribution >= 4 is 47.4 Å². The first-order valence-corrected chi connectivity index (χ1v) is 17.4. The number of carbonyl (C=O) groups excluding carboxylic acids is 4. The van der Waals surface area contributed by atoms with E-state index in [9.17, 15) is 24.4 Å². The van der Waals surface area contributed by atoms with Crippen LogP contribution < -0.4 is 18.9 Å². The largest absolute Gasteiger partial charge is 0.494 e. The molecule has 1 aliphatic rings. The molecule has 12 nitrogen and oxygen atoms in total. The summed E-state index contributed by atoms with van der Waals surface area (Å²) < 4.78 is 33.1. The van der Waals surface area contributed by atoms with Gasteiger partial charge in [-0.25, -0.2) is 29.3 Å². The normalized spacial score (nSPS) is 11.2. The Kier molecular flexibility index (Phi) is 15.0. The van der Waals surface area contributed by atoms with Gasteiger partial charge in [0.15, 0.2) is 0 Å². The molecule has 0 fully saturated rings. The van der Waals surface area contributed by atoms with Crippen LogP contribution in [0.4, 0.5) is 0 Å². The van der Waals surface area contributed by atoms with Crippen LogP contribution >= 0.6 is 23.5 Å². The van der Waals surface area contributed by atoms with Crippen LogP contribution in [0.2, 0.25) is 0 Å². The number of nitrogens with zero attached hydrogens (tertiary/aromatic N) is 2. The second kappa shape index (κ2) is 20.0. The van der Waals surface area contributed by atoms with Gasteiger partial charge < -0.3 is 28.4 Å². The topological polar surface area (TPSA) is 152 Å². The molecule has 0 saturated heterocycles. The summed E-state index contributed by atoms with van der Waals surface area (Å²) in [4.78, 5) is 52.6. The summed E-state index contributed by atoms with van der Waals surface area (Å²) in [5.41, 5.74) is 0.349. The second-order valence-electron chi connectivity index (χ2n) is 10.5. The zero-order valence-corrected chi connectivity index (χ0v) is 29.4. The van der Waals surface area contributed by atoms with Crippen LogP contribution in [-0.2, 0) is 19.1 Å². The highest BCUT2D eigenvalue weighted by atomic mass is 32.2. The zero-order valence-electron chi connectivity index (χ0n) is 27.8. The van der Waals surface area contributed by atoms with E-state index in [2.05, 4.69) is 18.0 Å². The number of nitriles is 1. The van der Waals surface area contributed by atoms with Crippen LogP contribution in [-0.4, -0.2) is 50.3 Å². The van der Waals surface area contributed by atoms with Crippen molar-refractivity contribution in [3.8, 4) is 29.1 Å². The summed E-state index contributed by atoms with van der Waals surface area (Å²) in [7, 11) is 0. The summed E-state index contributed by atoms with van der Waals surface area (Å²) in [5, 5.41) is 9.50. The number of fused-ring (bicyclic) bond motifs is 1. The molecule has 3 aromatic rings. The van der Waals surface area contributed by atoms with Crippen molar-refractivity contribution < 1.29 is 47.6 Å². The van der Waals surface area contributed by atoms with E-state index in [1.54, 1.807) is 48.5 Å². The Morgan fingerprint density at radius 2 is 1.08 bits per heavy atom. The summed E-state index contributed by atoms with van der Waals surface area (Å²) in [6.45, 7) is 15.4. The summed E-state index contributed by atoms with van der Waals surface area (Å²) in [6.07, 6.45) is 4.76. The molecule has 0 atom stereocenters. The second-order valence-corrected chi connectivity index (χ2v) is 12.8. The van der Waals surface area contributed by atoms with Gasteiger partial charge in [-0.1, -0.05) is 36.7 Å². The average Bonchev–Trinajstić information content (AvgIpc) is 3.62. The van der Waals surface area contributed by atoms with Gasteiger partial charge in [0, 0.05) is 12.2 Å². The number of thioether (sulfide) groups is 2. The summed E-state index contributed by atoms with van der Waals surface area (Å²) in [6, 6.07) is 17.6. The van der Waals surface area contributed by atoms with Crippen LogP contribution in [0.1, 0.15) is 46.4 Å². The maximum absolute atomic E-state index is 13.1. The molecule has 0 aliphatic carbocycles. The molecule has 0 saturated carbocycles. The third-order valence-electron chi connectivity index (χ3n) is 6.86. The molecule has 14 heteroatoms. The monoisotopic (exact) mass is 740 g/mol. The minimum atomic E-state index is -0.658. The Balaban J connectivity index is 1.38. The highest BCUT2D eigenvalue weighted by molar-refractivity contribution is 8.24. The van der Waals surface area contributed by atoms with Crippen molar-refractivity contribution in [1.82, 2.24) is 0 Å². The first-order chi connectivity index (χ1) is 25.3. The lowest BCUT2D eigenvalue weighted by atomic mass is 10.2. The van der Waals surface area contributed by atoms with Crippen molar-refractivity contribution in [1.29, 1.82) is 5.26 Å². The van der Waals surface area contributed by atoms with Gasteiger partial charge in [0.05, 0.1) is 64.2 Å². The molecule has 52 heavy (non-hydrogen) atoms. The number of benzene rings is 3. The number of ether oxygens (including phenoxy) is 6. The first kappa shape index (κ1) is 38.8. The number of hydrogen-bond acceptors (Lipinski definition) is 13. The Labute approximate surface area is 308 Å². The Hall–Kier alpha value is -5.96. The first-order valence-electron chi connectivity index (χ1n) is 15.8. The van der Waals surface area contributed by atoms with Crippen LogP contribution in [0.3, 0.4) is 0 Å². The van der Waals surface area contributed by atoms with E-state index < -0.39 is 23.9 Å². The fourth-order valence-electron chi connectivity index (χ4n) is 4.24. The number of allylic oxidation sites excluding steroid dienone is 1. The van der Waals surface area contributed by atoms with E-state index in [1.807, 2.05) is 6.07 Å². The third kappa shape index (κ3) is 11.3. The molecule has 0 radical (unpaired) electrons. The molecule has 0 amide bonds. The van der Waals surface area contributed by atoms with E-state index in [-0.39, 0.29) is 41.5 Å². The van der Waals surface area contributed by atoms with Crippen molar-refractivity contribution in [2.24, 2.45) is 0 Å². The van der Waals surface area contributed by atoms with Gasteiger partial charge in [-0.3, -0.25) is 0 Å². The fourth-order valence-corrected chi connectivity index (χ4v) is 6.71. The molecule has 4 rings (SSSR count). The number of carbonyl (C=O) groups is 4. The number of rotatable bonds is 18. The van der Waals surface area contributed by atoms with Gasteiger partial charge in [-0.15, -0.1) is 0 Å². The highest BCUT2D eigenvalue weighted by Gasteiger charge is 2.30. The molecule has 3 aromatic carbocycles. The Morgan fingerprint density at radius 1 is 0.673 bits per heavy atom. The van der Waals surface area contributed by atoms with Crippen molar-refractivity contribution in [2.45, 2.75) is 35.5 Å². The van der Waals surface area contributed by atoms with Crippen LogP contribution in [0.25, 0.3) is 4.85 Å². The molecule has 0 unspecified atom stereocenters. The summed E-state index contributed by atoms with van der Waals surface area (Å²) >= 11 is 2.14. The summed E-state index contributed by atoms with van der Waals surface area (Å²) in [5.74, 6) is -0.861. The molecule has 0 spiro atoms. The van der Waals surface area contributed by atoms with Crippen molar-refractivity contribution in [2.75, 3.05) is 26.4 Å². The average molecular weight is 741 g/mol. The lowest BCUT2D eigenvalue weighted by molar-refractivity contribution is -0.138. The van der Waals surface area contributed by atoms with E-state index >= 15 is 0 Å². The predicted molar refractivity (Wildman–Crippen MR) is 192 cm³/mol. The lowest BCUT2D eigenvalue weighted by Gasteiger charge is -2.13. The third-order valence-corrected chi connectivity index (χ3v) is 9.47.